The summed E-state index contributed by atoms with van der Waals surface area (Å²) in [5, 5.41) is 2.89. The Bertz CT molecular complexity index is 413. The van der Waals surface area contributed by atoms with E-state index in [1.807, 2.05) is 29.2 Å². The van der Waals surface area contributed by atoms with Gasteiger partial charge in [0.05, 0.1) is 17.9 Å². The van der Waals surface area contributed by atoms with Gasteiger partial charge in [0, 0.05) is 26.2 Å². The highest BCUT2D eigenvalue weighted by Gasteiger charge is 2.21. The Kier molecular flexibility index (Phi) is 4.04. The summed E-state index contributed by atoms with van der Waals surface area (Å²) in [5.74, 6) is 0.165. The Labute approximate surface area is 108 Å². The van der Waals surface area contributed by atoms with E-state index in [2.05, 4.69) is 10.2 Å². The number of nitrogens with two attached hydrogens (primary N) is 1. The van der Waals surface area contributed by atoms with Crippen molar-refractivity contribution in [2.24, 2.45) is 0 Å². The molecule has 0 unspecified atom stereocenters. The summed E-state index contributed by atoms with van der Waals surface area (Å²) < 4.78 is 0. The number of hydrogen-bond donors (Lipinski definition) is 2. The lowest BCUT2D eigenvalue weighted by Gasteiger charge is -2.36. The highest BCUT2D eigenvalue weighted by atomic mass is 16.2. The molecule has 0 radical (unpaired) electrons. The van der Waals surface area contributed by atoms with E-state index >= 15 is 0 Å². The van der Waals surface area contributed by atoms with Crippen LogP contribution in [0.4, 0.5) is 11.4 Å². The second-order valence-electron chi connectivity index (χ2n) is 4.46. The lowest BCUT2D eigenvalue weighted by molar-refractivity contribution is -0.130. The van der Waals surface area contributed by atoms with Crippen molar-refractivity contribution in [2.45, 2.75) is 0 Å². The first-order valence-corrected chi connectivity index (χ1v) is 6.24. The smallest absolute Gasteiger partial charge is 0.236 e. The number of rotatable bonds is 3. The van der Waals surface area contributed by atoms with Crippen LogP contribution in [0.15, 0.2) is 24.3 Å². The molecule has 1 fully saturated rings. The van der Waals surface area contributed by atoms with Gasteiger partial charge in [-0.15, -0.1) is 0 Å². The number of likely N-dealkylation sites (N-methyl/N-ethyl adjacent to an activating group) is 1. The molecule has 0 aliphatic carbocycles. The van der Waals surface area contributed by atoms with E-state index < -0.39 is 0 Å². The maximum absolute atomic E-state index is 11.7. The van der Waals surface area contributed by atoms with Crippen molar-refractivity contribution in [1.29, 1.82) is 0 Å². The number of nitrogens with zero attached hydrogens (tertiary/aromatic N) is 2. The molecule has 3 N–H and O–H groups in total. The van der Waals surface area contributed by atoms with Crippen molar-refractivity contribution in [3.8, 4) is 0 Å². The number of nitrogen functional groups attached to an aromatic ring is 1. The SMILES string of the molecule is CNCC(=O)N1CCN(c2ccccc2N)CC1. The fourth-order valence-corrected chi connectivity index (χ4v) is 2.24. The van der Waals surface area contributed by atoms with Gasteiger partial charge in [0.25, 0.3) is 0 Å². The second kappa shape index (κ2) is 5.73. The quantitative estimate of drug-likeness (QED) is 0.747. The lowest BCUT2D eigenvalue weighted by atomic mass is 10.2. The van der Waals surface area contributed by atoms with E-state index in [-0.39, 0.29) is 5.91 Å². The molecule has 0 bridgehead atoms. The molecule has 1 amide bonds. The summed E-state index contributed by atoms with van der Waals surface area (Å²) in [7, 11) is 1.79. The molecular weight excluding hydrogens is 228 g/mol. The van der Waals surface area contributed by atoms with Crippen molar-refractivity contribution in [3.05, 3.63) is 24.3 Å². The van der Waals surface area contributed by atoms with Gasteiger partial charge in [0.15, 0.2) is 0 Å². The number of para-hydroxylation sites is 2. The Balaban J connectivity index is 1.95. The number of anilines is 2. The highest BCUT2D eigenvalue weighted by Crippen LogP contribution is 2.23. The summed E-state index contributed by atoms with van der Waals surface area (Å²) >= 11 is 0. The molecule has 1 saturated heterocycles. The second-order valence-corrected chi connectivity index (χ2v) is 4.46. The van der Waals surface area contributed by atoms with E-state index in [1.165, 1.54) is 0 Å². The lowest BCUT2D eigenvalue weighted by Crippen LogP contribution is -2.50. The average molecular weight is 248 g/mol. The largest absolute Gasteiger partial charge is 0.397 e. The normalized spacial score (nSPS) is 15.8. The third-order valence-corrected chi connectivity index (χ3v) is 3.24. The molecule has 5 nitrogen and oxygen atoms in total. The van der Waals surface area contributed by atoms with Crippen LogP contribution < -0.4 is 16.0 Å². The molecule has 18 heavy (non-hydrogen) atoms. The van der Waals surface area contributed by atoms with Crippen LogP contribution in [0.2, 0.25) is 0 Å². The predicted octanol–water partition coefficient (Wildman–Crippen LogP) is 0.137. The van der Waals surface area contributed by atoms with Crippen LogP contribution in [-0.2, 0) is 4.79 Å². The predicted molar refractivity (Wildman–Crippen MR) is 73.6 cm³/mol. The third-order valence-electron chi connectivity index (χ3n) is 3.24. The van der Waals surface area contributed by atoms with Gasteiger partial charge >= 0.3 is 0 Å². The molecule has 1 heterocycles. The molecule has 5 heteroatoms. The molecule has 0 spiro atoms. The maximum Gasteiger partial charge on any atom is 0.236 e. The van der Waals surface area contributed by atoms with Gasteiger partial charge in [-0.1, -0.05) is 12.1 Å². The topological polar surface area (TPSA) is 61.6 Å². The first-order valence-electron chi connectivity index (χ1n) is 6.24. The van der Waals surface area contributed by atoms with Crippen molar-refractivity contribution in [1.82, 2.24) is 10.2 Å². The first kappa shape index (κ1) is 12.7. The van der Waals surface area contributed by atoms with Crippen LogP contribution in [-0.4, -0.2) is 50.6 Å². The number of carbonyl (C=O) groups excluding carboxylic acids is 1. The van der Waals surface area contributed by atoms with Crippen LogP contribution in [0.3, 0.4) is 0 Å². The van der Waals surface area contributed by atoms with Crippen LogP contribution in [0, 0.1) is 0 Å². The number of benzene rings is 1. The number of amides is 1. The zero-order chi connectivity index (χ0) is 13.0. The summed E-state index contributed by atoms with van der Waals surface area (Å²) in [5.41, 5.74) is 7.83. The Morgan fingerprint density at radius 1 is 1.28 bits per heavy atom. The fraction of sp³-hybridized carbons (Fsp3) is 0.462. The van der Waals surface area contributed by atoms with Gasteiger partial charge in [-0.05, 0) is 19.2 Å². The van der Waals surface area contributed by atoms with Gasteiger partial charge in [-0.25, -0.2) is 0 Å². The first-order chi connectivity index (χ1) is 8.72. The monoisotopic (exact) mass is 248 g/mol. The molecule has 0 atom stereocenters. The molecule has 0 aromatic heterocycles. The summed E-state index contributed by atoms with van der Waals surface area (Å²) in [6.07, 6.45) is 0. The number of hydrogen-bond acceptors (Lipinski definition) is 4. The van der Waals surface area contributed by atoms with Crippen molar-refractivity contribution in [3.63, 3.8) is 0 Å². The maximum atomic E-state index is 11.7. The fourth-order valence-electron chi connectivity index (χ4n) is 2.24. The summed E-state index contributed by atoms with van der Waals surface area (Å²) in [6, 6.07) is 7.87. The van der Waals surface area contributed by atoms with E-state index in [4.69, 9.17) is 5.73 Å². The van der Waals surface area contributed by atoms with Gasteiger partial charge in [0.2, 0.25) is 5.91 Å². The molecule has 0 saturated carbocycles. The van der Waals surface area contributed by atoms with Crippen LogP contribution in [0.5, 0.6) is 0 Å². The minimum Gasteiger partial charge on any atom is -0.397 e. The molecule has 98 valence electrons. The standard InChI is InChI=1S/C13H20N4O/c1-15-10-13(18)17-8-6-16(7-9-17)12-5-3-2-4-11(12)14/h2-5,15H,6-10,14H2,1H3. The Morgan fingerprint density at radius 3 is 2.56 bits per heavy atom. The summed E-state index contributed by atoms with van der Waals surface area (Å²) in [6.45, 7) is 3.60. The van der Waals surface area contributed by atoms with E-state index in [0.717, 1.165) is 37.6 Å². The average Bonchev–Trinajstić information content (AvgIpc) is 2.40. The Hall–Kier alpha value is -1.75. The molecule has 1 aliphatic heterocycles. The summed E-state index contributed by atoms with van der Waals surface area (Å²) in [4.78, 5) is 15.9. The molecule has 1 aliphatic rings. The number of piperazine rings is 1. The van der Waals surface area contributed by atoms with Crippen molar-refractivity contribution in [2.75, 3.05) is 50.4 Å². The van der Waals surface area contributed by atoms with Gasteiger partial charge in [-0.3, -0.25) is 4.79 Å². The molecule has 1 aromatic rings. The Morgan fingerprint density at radius 2 is 1.94 bits per heavy atom. The van der Waals surface area contributed by atoms with Gasteiger partial charge < -0.3 is 20.9 Å². The van der Waals surface area contributed by atoms with Gasteiger partial charge in [0.1, 0.15) is 0 Å². The highest BCUT2D eigenvalue weighted by molar-refractivity contribution is 5.78. The zero-order valence-electron chi connectivity index (χ0n) is 10.7. The van der Waals surface area contributed by atoms with Crippen LogP contribution in [0.25, 0.3) is 0 Å². The van der Waals surface area contributed by atoms with E-state index in [1.54, 1.807) is 7.05 Å². The molecule has 1 aromatic carbocycles. The third kappa shape index (κ3) is 2.73. The van der Waals surface area contributed by atoms with Crippen LogP contribution >= 0.6 is 0 Å². The van der Waals surface area contributed by atoms with E-state index in [0.29, 0.717) is 6.54 Å². The van der Waals surface area contributed by atoms with Crippen molar-refractivity contribution < 1.29 is 4.79 Å². The van der Waals surface area contributed by atoms with E-state index in [9.17, 15) is 4.79 Å². The number of carbonyl (C=O) groups is 1. The van der Waals surface area contributed by atoms with Gasteiger partial charge in [-0.2, -0.15) is 0 Å². The minimum absolute atomic E-state index is 0.165. The zero-order valence-corrected chi connectivity index (χ0v) is 10.7. The minimum atomic E-state index is 0.165. The molecule has 2 rings (SSSR count). The van der Waals surface area contributed by atoms with Crippen molar-refractivity contribution >= 4 is 17.3 Å². The number of nitrogens with one attached hydrogen (secondary N) is 1. The molecular formula is C13H20N4O. The van der Waals surface area contributed by atoms with Crippen LogP contribution in [0.1, 0.15) is 0 Å².